The van der Waals surface area contributed by atoms with Crippen LogP contribution < -0.4 is 5.32 Å². The highest BCUT2D eigenvalue weighted by molar-refractivity contribution is 5.88. The topological polar surface area (TPSA) is 81.7 Å². The van der Waals surface area contributed by atoms with Crippen molar-refractivity contribution in [2.75, 3.05) is 7.11 Å². The maximum absolute atomic E-state index is 11.2. The van der Waals surface area contributed by atoms with E-state index in [1.165, 1.54) is 6.92 Å². The van der Waals surface area contributed by atoms with Gasteiger partial charge in [0.05, 0.1) is 13.2 Å². The lowest BCUT2D eigenvalue weighted by molar-refractivity contribution is -0.120. The molecule has 6 nitrogen and oxygen atoms in total. The second kappa shape index (κ2) is 43.3. The van der Waals surface area contributed by atoms with E-state index in [-0.39, 0.29) is 80.0 Å². The fraction of sp³-hybridized carbons (Fsp3) is 0.842. The lowest BCUT2D eigenvalue weighted by Gasteiger charge is -2.10. The predicted molar refractivity (Wildman–Crippen MR) is 119 cm³/mol. The average Bonchev–Trinajstić information content (AvgIpc) is 2.17. The first-order valence-corrected chi connectivity index (χ1v) is 4.60. The summed E-state index contributed by atoms with van der Waals surface area (Å²) in [5.74, 6) is -0.112. The molecular formula is C19H55NO5. The zero-order chi connectivity index (χ0) is 11.8. The minimum Gasteiger partial charge on any atom is -0.437 e. The summed E-state index contributed by atoms with van der Waals surface area (Å²) in [7, 11) is 1.08. The molecule has 166 valence electrons. The summed E-state index contributed by atoms with van der Waals surface area (Å²) in [5, 5.41) is 2.22. The first-order chi connectivity index (χ1) is 7.01. The molecule has 1 unspecified atom stereocenters. The van der Waals surface area contributed by atoms with Crippen LogP contribution in [-0.2, 0) is 14.3 Å². The monoisotopic (exact) mass is 377 g/mol. The first kappa shape index (κ1) is 76.3. The Morgan fingerprint density at radius 3 is 1.48 bits per heavy atom. The van der Waals surface area contributed by atoms with Gasteiger partial charge >= 0.3 is 12.2 Å². The molecule has 0 aliphatic rings. The number of alkyl carbamates (subject to hydrolysis) is 1. The Morgan fingerprint density at radius 1 is 0.840 bits per heavy atom. The largest absolute Gasteiger partial charge is 0.517 e. The van der Waals surface area contributed by atoms with E-state index in [2.05, 4.69) is 14.8 Å². The zero-order valence-electron chi connectivity index (χ0n) is 9.03. The molecule has 0 aliphatic carbocycles. The van der Waals surface area contributed by atoms with Crippen LogP contribution in [0.2, 0.25) is 0 Å². The molecule has 0 saturated carbocycles. The van der Waals surface area contributed by atoms with Gasteiger partial charge in [-0.15, -0.1) is 0 Å². The molecule has 0 aromatic heterocycles. The average molecular weight is 378 g/mol. The molecule has 25 heavy (non-hydrogen) atoms. The smallest absolute Gasteiger partial charge is 0.437 e. The van der Waals surface area contributed by atoms with Crippen LogP contribution in [0.3, 0.4) is 0 Å². The zero-order valence-corrected chi connectivity index (χ0v) is 9.03. The lowest BCUT2D eigenvalue weighted by atomic mass is 10.1. The lowest BCUT2D eigenvalue weighted by Crippen LogP contribution is -2.39. The third-order valence-corrected chi connectivity index (χ3v) is 1.66. The molecule has 1 amide bonds. The number of ether oxygens (including phenoxy) is 2. The van der Waals surface area contributed by atoms with Crippen LogP contribution in [0.15, 0.2) is 0 Å². The van der Waals surface area contributed by atoms with Gasteiger partial charge in [-0.25, -0.2) is 9.59 Å². The Bertz CT molecular complexity index is 256. The summed E-state index contributed by atoms with van der Waals surface area (Å²) in [5.41, 5.74) is 0. The van der Waals surface area contributed by atoms with Crippen molar-refractivity contribution in [3.63, 3.8) is 0 Å². The third kappa shape index (κ3) is 39.3. The van der Waals surface area contributed by atoms with E-state index in [0.717, 1.165) is 7.11 Å². The molecule has 0 bridgehead atoms. The van der Waals surface area contributed by atoms with Crippen molar-refractivity contribution in [1.29, 1.82) is 0 Å². The molecule has 0 heterocycles. The van der Waals surface area contributed by atoms with Crippen LogP contribution in [0.5, 0.6) is 0 Å². The number of rotatable bonds is 4. The number of hydrogen-bond donors (Lipinski definition) is 1. The number of ketones is 1. The highest BCUT2D eigenvalue weighted by Gasteiger charge is 2.17. The second-order valence-corrected chi connectivity index (χ2v) is 2.93. The molecule has 0 spiro atoms. The Morgan fingerprint density at radius 2 is 1.20 bits per heavy atom. The van der Waals surface area contributed by atoms with Gasteiger partial charge in [0.2, 0.25) is 0 Å². The fourth-order valence-electron chi connectivity index (χ4n) is 0.867. The number of methoxy groups -OCH3 is 1. The van der Waals surface area contributed by atoms with E-state index in [1.807, 2.05) is 6.92 Å². The Hall–Kier alpha value is -1.59. The van der Waals surface area contributed by atoms with Crippen LogP contribution in [0.1, 0.15) is 101 Å². The SMILES string of the molecule is C.C.C.C.C.C.C.C.C.C.CCCC(=O)C(C)NC(=O)OC(=O)OC. The third-order valence-electron chi connectivity index (χ3n) is 1.66. The molecule has 1 atom stereocenters. The number of carbonyl (C=O) groups excluding carboxylic acids is 3. The minimum absolute atomic E-state index is 0. The van der Waals surface area contributed by atoms with Crippen molar-refractivity contribution >= 4 is 18.0 Å². The van der Waals surface area contributed by atoms with Crippen LogP contribution in [0.4, 0.5) is 9.59 Å². The van der Waals surface area contributed by atoms with Crippen molar-refractivity contribution < 1.29 is 23.9 Å². The highest BCUT2D eigenvalue weighted by atomic mass is 16.7. The normalized spacial score (nSPS) is 6.84. The number of carbonyl (C=O) groups is 3. The number of hydrogen-bond acceptors (Lipinski definition) is 5. The van der Waals surface area contributed by atoms with Gasteiger partial charge in [0.15, 0.2) is 5.78 Å². The van der Waals surface area contributed by atoms with Crippen molar-refractivity contribution in [2.24, 2.45) is 0 Å². The molecule has 0 aromatic rings. The van der Waals surface area contributed by atoms with Gasteiger partial charge in [-0.3, -0.25) is 4.79 Å². The maximum atomic E-state index is 11.2. The van der Waals surface area contributed by atoms with Crippen LogP contribution >= 0.6 is 0 Å². The Balaban J connectivity index is -0.0000000218. The summed E-state index contributed by atoms with van der Waals surface area (Å²) in [6.07, 6.45) is -1.02. The summed E-state index contributed by atoms with van der Waals surface area (Å²) in [6, 6.07) is -0.665. The van der Waals surface area contributed by atoms with Crippen molar-refractivity contribution in [3.05, 3.63) is 0 Å². The number of Topliss-reactive ketones (excluding diaryl/α,β-unsaturated/α-hetero) is 1. The summed E-state index contributed by atoms with van der Waals surface area (Å²) in [4.78, 5) is 32.7. The standard InChI is InChI=1S/C9H15NO5.10CH4/c1-4-5-7(11)6(2)10-8(12)15-9(13)14-3;;;;;;;;;;/h6H,4-5H2,1-3H3,(H,10,12);10*1H4. The quantitative estimate of drug-likeness (QED) is 0.403. The van der Waals surface area contributed by atoms with Gasteiger partial charge < -0.3 is 14.8 Å². The van der Waals surface area contributed by atoms with E-state index in [9.17, 15) is 14.4 Å². The van der Waals surface area contributed by atoms with E-state index in [0.29, 0.717) is 12.8 Å². The number of nitrogens with one attached hydrogen (secondary N) is 1. The van der Waals surface area contributed by atoms with Crippen molar-refractivity contribution in [3.8, 4) is 0 Å². The van der Waals surface area contributed by atoms with Crippen molar-refractivity contribution in [2.45, 2.75) is 107 Å². The van der Waals surface area contributed by atoms with Gasteiger partial charge in [0, 0.05) is 6.42 Å². The molecule has 6 heteroatoms. The van der Waals surface area contributed by atoms with Gasteiger partial charge in [-0.2, -0.15) is 0 Å². The van der Waals surface area contributed by atoms with E-state index >= 15 is 0 Å². The highest BCUT2D eigenvalue weighted by Crippen LogP contribution is 1.96. The van der Waals surface area contributed by atoms with Crippen LogP contribution in [-0.4, -0.2) is 31.2 Å². The first-order valence-electron chi connectivity index (χ1n) is 4.60. The minimum atomic E-state index is -1.11. The summed E-state index contributed by atoms with van der Waals surface area (Å²) >= 11 is 0. The molecule has 0 radical (unpaired) electrons. The predicted octanol–water partition coefficient (Wildman–Crippen LogP) is 7.60. The van der Waals surface area contributed by atoms with Gasteiger partial charge in [-0.05, 0) is 13.3 Å². The number of amides is 1. The molecular weight excluding hydrogens is 322 g/mol. The molecule has 0 saturated heterocycles. The molecule has 1 N–H and O–H groups in total. The summed E-state index contributed by atoms with van der Waals surface area (Å²) < 4.78 is 8.24. The van der Waals surface area contributed by atoms with Gasteiger partial charge in [0.1, 0.15) is 0 Å². The second-order valence-electron chi connectivity index (χ2n) is 2.93. The van der Waals surface area contributed by atoms with Gasteiger partial charge in [-0.1, -0.05) is 81.2 Å². The molecule has 0 aromatic carbocycles. The molecule has 0 rings (SSSR count). The van der Waals surface area contributed by atoms with E-state index in [4.69, 9.17) is 0 Å². The van der Waals surface area contributed by atoms with Crippen molar-refractivity contribution in [1.82, 2.24) is 5.32 Å². The Labute approximate surface area is 162 Å². The Kier molecular flexibility index (Phi) is 132. The van der Waals surface area contributed by atoms with E-state index < -0.39 is 18.3 Å². The maximum Gasteiger partial charge on any atom is 0.517 e. The van der Waals surface area contributed by atoms with E-state index in [1.54, 1.807) is 0 Å². The summed E-state index contributed by atoms with van der Waals surface area (Å²) in [6.45, 7) is 3.38. The van der Waals surface area contributed by atoms with Crippen LogP contribution in [0.25, 0.3) is 0 Å². The molecule has 0 fully saturated rings. The van der Waals surface area contributed by atoms with Gasteiger partial charge in [0.25, 0.3) is 0 Å². The van der Waals surface area contributed by atoms with Crippen LogP contribution in [0, 0.1) is 0 Å². The fourth-order valence-corrected chi connectivity index (χ4v) is 0.867. The molecule has 0 aliphatic heterocycles.